The summed E-state index contributed by atoms with van der Waals surface area (Å²) in [6.07, 6.45) is 5.36. The molecule has 1 saturated heterocycles. The van der Waals surface area contributed by atoms with Crippen LogP contribution in [0.1, 0.15) is 43.2 Å². The van der Waals surface area contributed by atoms with Gasteiger partial charge in [-0.15, -0.1) is 0 Å². The average Bonchev–Trinajstić information content (AvgIpc) is 2.46. The van der Waals surface area contributed by atoms with E-state index < -0.39 is 0 Å². The number of nitrogens with zero attached hydrogens (tertiary/aromatic N) is 1. The predicted octanol–water partition coefficient (Wildman–Crippen LogP) is 2.78. The highest BCUT2D eigenvalue weighted by molar-refractivity contribution is 5.25. The Balaban J connectivity index is 1.82. The third-order valence-electron chi connectivity index (χ3n) is 4.07. The highest BCUT2D eigenvalue weighted by Crippen LogP contribution is 2.15. The van der Waals surface area contributed by atoms with Crippen molar-refractivity contribution in [3.05, 3.63) is 35.4 Å². The minimum absolute atomic E-state index is 0.473. The maximum absolute atomic E-state index is 5.69. The zero-order valence-electron chi connectivity index (χ0n) is 11.6. The van der Waals surface area contributed by atoms with Gasteiger partial charge in [0, 0.05) is 6.54 Å². The molecule has 1 aliphatic heterocycles. The first-order chi connectivity index (χ1) is 8.79. The lowest BCUT2D eigenvalue weighted by molar-refractivity contribution is 0.231. The van der Waals surface area contributed by atoms with Gasteiger partial charge in [0.1, 0.15) is 0 Å². The van der Waals surface area contributed by atoms with Crippen molar-refractivity contribution in [3.8, 4) is 0 Å². The fourth-order valence-corrected chi connectivity index (χ4v) is 2.62. The van der Waals surface area contributed by atoms with Gasteiger partial charge < -0.3 is 10.6 Å². The molecule has 1 heterocycles. The Hall–Kier alpha value is -0.860. The molecule has 1 aliphatic rings. The monoisotopic (exact) mass is 246 g/mol. The van der Waals surface area contributed by atoms with Gasteiger partial charge >= 0.3 is 0 Å². The van der Waals surface area contributed by atoms with Crippen molar-refractivity contribution in [2.45, 2.75) is 38.5 Å². The van der Waals surface area contributed by atoms with Crippen LogP contribution in [0, 0.1) is 0 Å². The number of rotatable bonds is 5. The van der Waals surface area contributed by atoms with E-state index in [4.69, 9.17) is 5.73 Å². The third kappa shape index (κ3) is 3.82. The first-order valence-electron chi connectivity index (χ1n) is 7.31. The molecule has 1 fully saturated rings. The molecule has 0 aliphatic carbocycles. The van der Waals surface area contributed by atoms with E-state index in [-0.39, 0.29) is 0 Å². The summed E-state index contributed by atoms with van der Waals surface area (Å²) in [5.74, 6) is 0.473. The van der Waals surface area contributed by atoms with Crippen molar-refractivity contribution in [2.24, 2.45) is 5.73 Å². The summed E-state index contributed by atoms with van der Waals surface area (Å²) in [7, 11) is 0. The van der Waals surface area contributed by atoms with Gasteiger partial charge in [-0.25, -0.2) is 0 Å². The summed E-state index contributed by atoms with van der Waals surface area (Å²) >= 11 is 0. The Kier molecular flexibility index (Phi) is 5.21. The van der Waals surface area contributed by atoms with E-state index in [0.717, 1.165) is 6.54 Å². The molecule has 0 amide bonds. The maximum Gasteiger partial charge on any atom is 0.00218 e. The normalized spacial score (nSPS) is 18.8. The second kappa shape index (κ2) is 6.91. The number of likely N-dealkylation sites (tertiary alicyclic amines) is 1. The lowest BCUT2D eigenvalue weighted by Gasteiger charge is -2.26. The number of hydrogen-bond donors (Lipinski definition) is 1. The van der Waals surface area contributed by atoms with Crippen LogP contribution in [0.3, 0.4) is 0 Å². The Morgan fingerprint density at radius 3 is 2.39 bits per heavy atom. The summed E-state index contributed by atoms with van der Waals surface area (Å²) in [5.41, 5.74) is 8.50. The van der Waals surface area contributed by atoms with Gasteiger partial charge in [-0.1, -0.05) is 37.6 Å². The first-order valence-corrected chi connectivity index (χ1v) is 7.31. The number of piperidine rings is 1. The fraction of sp³-hybridized carbons (Fsp3) is 0.625. The van der Waals surface area contributed by atoms with Gasteiger partial charge in [0.2, 0.25) is 0 Å². The maximum atomic E-state index is 5.69. The predicted molar refractivity (Wildman–Crippen MR) is 77.9 cm³/mol. The van der Waals surface area contributed by atoms with Crippen molar-refractivity contribution in [1.29, 1.82) is 0 Å². The van der Waals surface area contributed by atoms with Crippen LogP contribution in [0.4, 0.5) is 0 Å². The molecule has 0 spiro atoms. The lowest BCUT2D eigenvalue weighted by atomic mass is 9.99. The van der Waals surface area contributed by atoms with Crippen LogP contribution in [0.15, 0.2) is 24.3 Å². The standard InChI is InChI=1S/C16H26N2/c1-14(13-17)16-7-5-15(6-8-16)9-12-18-10-3-2-4-11-18/h5-8,14H,2-4,9-13,17H2,1H3. The molecule has 2 N–H and O–H groups in total. The molecule has 1 aromatic rings. The van der Waals surface area contributed by atoms with Crippen molar-refractivity contribution < 1.29 is 0 Å². The molecule has 0 aromatic heterocycles. The van der Waals surface area contributed by atoms with Crippen LogP contribution in [0.5, 0.6) is 0 Å². The molecule has 1 atom stereocenters. The van der Waals surface area contributed by atoms with E-state index in [1.165, 1.54) is 56.4 Å². The molecule has 18 heavy (non-hydrogen) atoms. The van der Waals surface area contributed by atoms with Crippen LogP contribution >= 0.6 is 0 Å². The molecule has 0 radical (unpaired) electrons. The smallest absolute Gasteiger partial charge is 0.00218 e. The molecule has 2 nitrogen and oxygen atoms in total. The van der Waals surface area contributed by atoms with Gasteiger partial charge in [0.15, 0.2) is 0 Å². The number of hydrogen-bond acceptors (Lipinski definition) is 2. The van der Waals surface area contributed by atoms with Crippen LogP contribution in [0.25, 0.3) is 0 Å². The largest absolute Gasteiger partial charge is 0.330 e. The molecule has 2 heteroatoms. The van der Waals surface area contributed by atoms with E-state index in [1.54, 1.807) is 0 Å². The van der Waals surface area contributed by atoms with Gasteiger partial charge in [-0.2, -0.15) is 0 Å². The summed E-state index contributed by atoms with van der Waals surface area (Å²) in [5, 5.41) is 0. The summed E-state index contributed by atoms with van der Waals surface area (Å²) in [4.78, 5) is 2.60. The minimum atomic E-state index is 0.473. The molecule has 0 saturated carbocycles. The van der Waals surface area contributed by atoms with Crippen molar-refractivity contribution >= 4 is 0 Å². The van der Waals surface area contributed by atoms with E-state index in [1.807, 2.05) is 0 Å². The average molecular weight is 246 g/mol. The van der Waals surface area contributed by atoms with Gasteiger partial charge in [0.05, 0.1) is 0 Å². The van der Waals surface area contributed by atoms with E-state index >= 15 is 0 Å². The Bertz CT molecular complexity index is 339. The van der Waals surface area contributed by atoms with Crippen LogP contribution in [0.2, 0.25) is 0 Å². The lowest BCUT2D eigenvalue weighted by Crippen LogP contribution is -2.31. The molecular formula is C16H26N2. The van der Waals surface area contributed by atoms with E-state index in [0.29, 0.717) is 5.92 Å². The molecule has 1 aromatic carbocycles. The Morgan fingerprint density at radius 2 is 1.78 bits per heavy atom. The molecule has 2 rings (SSSR count). The molecular weight excluding hydrogens is 220 g/mol. The first kappa shape index (κ1) is 13.6. The number of nitrogens with two attached hydrogens (primary N) is 1. The van der Waals surface area contributed by atoms with Crippen molar-refractivity contribution in [1.82, 2.24) is 4.90 Å². The van der Waals surface area contributed by atoms with Crippen molar-refractivity contribution in [2.75, 3.05) is 26.2 Å². The van der Waals surface area contributed by atoms with Crippen LogP contribution in [-0.2, 0) is 6.42 Å². The van der Waals surface area contributed by atoms with E-state index in [2.05, 4.69) is 36.1 Å². The summed E-state index contributed by atoms with van der Waals surface area (Å²) in [6.45, 7) is 6.71. The second-order valence-electron chi connectivity index (χ2n) is 5.53. The zero-order chi connectivity index (χ0) is 12.8. The fourth-order valence-electron chi connectivity index (χ4n) is 2.62. The van der Waals surface area contributed by atoms with Gasteiger partial charge in [-0.05, 0) is 55.9 Å². The van der Waals surface area contributed by atoms with Crippen molar-refractivity contribution in [3.63, 3.8) is 0 Å². The van der Waals surface area contributed by atoms with E-state index in [9.17, 15) is 0 Å². The highest BCUT2D eigenvalue weighted by Gasteiger charge is 2.09. The SMILES string of the molecule is CC(CN)c1ccc(CCN2CCCCC2)cc1. The Morgan fingerprint density at radius 1 is 1.11 bits per heavy atom. The quantitative estimate of drug-likeness (QED) is 0.865. The topological polar surface area (TPSA) is 29.3 Å². The van der Waals surface area contributed by atoms with Crippen LogP contribution in [-0.4, -0.2) is 31.1 Å². The zero-order valence-corrected chi connectivity index (χ0v) is 11.6. The molecule has 1 unspecified atom stereocenters. The molecule has 100 valence electrons. The summed E-state index contributed by atoms with van der Waals surface area (Å²) in [6, 6.07) is 9.02. The second-order valence-corrected chi connectivity index (χ2v) is 5.53. The van der Waals surface area contributed by atoms with Gasteiger partial charge in [0.25, 0.3) is 0 Å². The third-order valence-corrected chi connectivity index (χ3v) is 4.07. The summed E-state index contributed by atoms with van der Waals surface area (Å²) < 4.78 is 0. The number of benzene rings is 1. The highest BCUT2D eigenvalue weighted by atomic mass is 15.1. The van der Waals surface area contributed by atoms with Crippen LogP contribution < -0.4 is 5.73 Å². The molecule has 0 bridgehead atoms. The van der Waals surface area contributed by atoms with Gasteiger partial charge in [-0.3, -0.25) is 0 Å². The minimum Gasteiger partial charge on any atom is -0.330 e. The Labute approximate surface area is 111 Å².